The minimum Gasteiger partial charge on any atom is -0.449 e. The van der Waals surface area contributed by atoms with Gasteiger partial charge in [0.1, 0.15) is 5.69 Å². The average molecular weight is 362 g/mol. The molecule has 1 aromatic carbocycles. The Kier molecular flexibility index (Phi) is 5.68. The summed E-state index contributed by atoms with van der Waals surface area (Å²) in [5, 5.41) is 3.40. The first kappa shape index (κ1) is 18.5. The first-order valence-corrected chi connectivity index (χ1v) is 9.09. The normalized spacial score (nSPS) is 17.7. The van der Waals surface area contributed by atoms with Crippen molar-refractivity contribution in [1.82, 2.24) is 0 Å². The fourth-order valence-corrected chi connectivity index (χ4v) is 2.98. The molecule has 1 heterocycles. The second-order valence-corrected chi connectivity index (χ2v) is 7.92. The minimum atomic E-state index is -2.83. The lowest BCUT2D eigenvalue weighted by Gasteiger charge is -2.36. The van der Waals surface area contributed by atoms with Crippen LogP contribution in [0.1, 0.15) is 13.8 Å². The van der Waals surface area contributed by atoms with Crippen molar-refractivity contribution in [2.24, 2.45) is 5.92 Å². The third kappa shape index (κ3) is 4.83. The topological polar surface area (TPSA) is 82.0 Å². The molecule has 2 rings (SSSR count). The van der Waals surface area contributed by atoms with E-state index in [2.05, 4.69) is 5.32 Å². The Morgan fingerprint density at radius 3 is 2.50 bits per heavy atom. The molecule has 0 unspecified atom stereocenters. The Morgan fingerprint density at radius 2 is 2.00 bits per heavy atom. The lowest BCUT2D eigenvalue weighted by atomic mass is 10.2. The molecule has 24 heavy (non-hydrogen) atoms. The van der Waals surface area contributed by atoms with Gasteiger partial charge in [0.15, 0.2) is 11.6 Å². The number of anilines is 2. The van der Waals surface area contributed by atoms with Crippen LogP contribution >= 0.6 is 10.6 Å². The monoisotopic (exact) mass is 362 g/mol. The molecule has 0 atom stereocenters. The molecule has 1 aliphatic rings. The molecule has 0 spiro atoms. The van der Waals surface area contributed by atoms with Gasteiger partial charge in [0.05, 0.1) is 12.4 Å². The number of nitrogens with one attached hydrogen (secondary N) is 1. The van der Waals surface area contributed by atoms with Crippen molar-refractivity contribution >= 4 is 28.1 Å². The number of nitrogens with zero attached hydrogens (tertiary/aromatic N) is 1. The molecule has 1 aliphatic heterocycles. The fourth-order valence-electron chi connectivity index (χ4n) is 2.04. The Morgan fingerprint density at radius 1 is 1.38 bits per heavy atom. The zero-order valence-corrected chi connectivity index (χ0v) is 14.1. The maximum Gasteiger partial charge on any atom is 0.411 e. The number of ether oxygens (including phenoxy) is 1. The fraction of sp³-hybridized carbons (Fsp3) is 0.400. The molecule has 6 nitrogen and oxygen atoms in total. The summed E-state index contributed by atoms with van der Waals surface area (Å²) in [6.45, 7) is 3.99. The van der Waals surface area contributed by atoms with Crippen LogP contribution in [-0.2, 0) is 4.74 Å². The zero-order valence-electron chi connectivity index (χ0n) is 13.3. The van der Waals surface area contributed by atoms with E-state index in [1.54, 1.807) is 0 Å². The van der Waals surface area contributed by atoms with Gasteiger partial charge in [-0.25, -0.2) is 13.6 Å². The summed E-state index contributed by atoms with van der Waals surface area (Å²) in [4.78, 5) is 12.8. The molecule has 1 aromatic rings. The summed E-state index contributed by atoms with van der Waals surface area (Å²) in [7, 11) is -2.83. The highest BCUT2D eigenvalue weighted by Crippen LogP contribution is 2.43. The van der Waals surface area contributed by atoms with Crippen LogP contribution in [0.3, 0.4) is 0 Å². The van der Waals surface area contributed by atoms with Gasteiger partial charge >= 0.3 is 6.09 Å². The van der Waals surface area contributed by atoms with Crippen molar-refractivity contribution in [1.29, 1.82) is 0 Å². The van der Waals surface area contributed by atoms with Crippen molar-refractivity contribution in [3.8, 4) is 0 Å². The largest absolute Gasteiger partial charge is 0.449 e. The number of hydrogen-bond acceptors (Lipinski definition) is 5. The summed E-state index contributed by atoms with van der Waals surface area (Å²) in [5.41, 5.74) is -0.380. The van der Waals surface area contributed by atoms with Crippen molar-refractivity contribution in [2.45, 2.75) is 13.8 Å². The molecule has 9 heteroatoms. The second kappa shape index (κ2) is 7.37. The molecule has 0 saturated carbocycles. The van der Waals surface area contributed by atoms with E-state index in [9.17, 15) is 22.7 Å². The first-order valence-electron chi connectivity index (χ1n) is 7.31. The summed E-state index contributed by atoms with van der Waals surface area (Å²) in [6, 6.07) is 1.96. The molecule has 0 radical (unpaired) electrons. The van der Waals surface area contributed by atoms with Gasteiger partial charge in [-0.2, -0.15) is 10.6 Å². The number of benzene rings is 1. The first-order chi connectivity index (χ1) is 11.2. The summed E-state index contributed by atoms with van der Waals surface area (Å²) >= 11 is 0. The van der Waals surface area contributed by atoms with Crippen LogP contribution in [0.25, 0.3) is 0 Å². The third-order valence-electron chi connectivity index (χ3n) is 3.19. The quantitative estimate of drug-likeness (QED) is 0.747. The van der Waals surface area contributed by atoms with Crippen LogP contribution in [0, 0.1) is 17.6 Å². The number of amides is 1. The maximum absolute atomic E-state index is 14.2. The Bertz CT molecular complexity index is 629. The Balaban J connectivity index is 2.13. The van der Waals surface area contributed by atoms with Crippen molar-refractivity contribution < 1.29 is 27.4 Å². The van der Waals surface area contributed by atoms with Gasteiger partial charge < -0.3 is 9.64 Å². The van der Waals surface area contributed by atoms with Crippen LogP contribution in [0.4, 0.5) is 25.0 Å². The number of carbonyl (C=O) groups is 1. The van der Waals surface area contributed by atoms with Gasteiger partial charge in [-0.05, 0) is 18.1 Å². The van der Waals surface area contributed by atoms with Gasteiger partial charge in [0, 0.05) is 23.8 Å². The van der Waals surface area contributed by atoms with E-state index in [4.69, 9.17) is 4.74 Å². The van der Waals surface area contributed by atoms with Crippen LogP contribution in [0.2, 0.25) is 0 Å². The number of rotatable bonds is 4. The van der Waals surface area contributed by atoms with Crippen LogP contribution in [0.15, 0.2) is 23.7 Å². The number of halogens is 2. The number of hydrogen-bond donors (Lipinski definition) is 3. The van der Waals surface area contributed by atoms with E-state index in [-0.39, 0.29) is 36.2 Å². The van der Waals surface area contributed by atoms with E-state index < -0.39 is 28.3 Å². The molecule has 0 fully saturated rings. The van der Waals surface area contributed by atoms with E-state index >= 15 is 0 Å². The molecular formula is C15H20F2N2O4S. The standard InChI is InChI=1S/C15H20F2N2O4S/c1-10(2)9-23-15(20)18-11-7-12(16)14(13(17)8-11)19-3-5-24(21,22)6-4-19/h3,5,7-8,10,21-22H,4,6,9H2,1-2H3,(H,18,20). The summed E-state index contributed by atoms with van der Waals surface area (Å²) < 4.78 is 52.3. The van der Waals surface area contributed by atoms with E-state index in [0.717, 1.165) is 17.5 Å². The molecular weight excluding hydrogens is 342 g/mol. The van der Waals surface area contributed by atoms with E-state index in [1.165, 1.54) is 11.1 Å². The van der Waals surface area contributed by atoms with Gasteiger partial charge in [-0.15, -0.1) is 0 Å². The van der Waals surface area contributed by atoms with Crippen molar-refractivity contribution in [3.05, 3.63) is 35.4 Å². The lowest BCUT2D eigenvalue weighted by Crippen LogP contribution is -2.28. The predicted octanol–water partition coefficient (Wildman–Crippen LogP) is 4.21. The second-order valence-electron chi connectivity index (χ2n) is 5.81. The smallest absolute Gasteiger partial charge is 0.411 e. The Labute approximate surface area is 140 Å². The highest BCUT2D eigenvalue weighted by molar-refractivity contribution is 8.26. The maximum atomic E-state index is 14.2. The minimum absolute atomic E-state index is 0.0100. The van der Waals surface area contributed by atoms with Crippen molar-refractivity contribution in [3.63, 3.8) is 0 Å². The molecule has 0 aliphatic carbocycles. The Hall–Kier alpha value is -1.84. The summed E-state index contributed by atoms with van der Waals surface area (Å²) in [5.74, 6) is -1.62. The third-order valence-corrected chi connectivity index (χ3v) is 4.53. The van der Waals surface area contributed by atoms with Gasteiger partial charge in [-0.3, -0.25) is 14.4 Å². The van der Waals surface area contributed by atoms with Crippen LogP contribution < -0.4 is 10.2 Å². The highest BCUT2D eigenvalue weighted by Gasteiger charge is 2.23. The molecule has 0 saturated heterocycles. The van der Waals surface area contributed by atoms with Crippen LogP contribution in [0.5, 0.6) is 0 Å². The zero-order chi connectivity index (χ0) is 17.9. The van der Waals surface area contributed by atoms with Gasteiger partial charge in [0.2, 0.25) is 0 Å². The van der Waals surface area contributed by atoms with E-state index in [0.29, 0.717) is 0 Å². The molecule has 3 N–H and O–H groups in total. The molecule has 134 valence electrons. The predicted molar refractivity (Wildman–Crippen MR) is 90.4 cm³/mol. The SMILES string of the molecule is CC(C)COC(=O)Nc1cc(F)c(N2C=CS(O)(O)CC2)c(F)c1. The van der Waals surface area contributed by atoms with Gasteiger partial charge in [0.25, 0.3) is 0 Å². The highest BCUT2D eigenvalue weighted by atomic mass is 32.3. The van der Waals surface area contributed by atoms with E-state index in [1.807, 2.05) is 13.8 Å². The molecule has 0 bridgehead atoms. The summed E-state index contributed by atoms with van der Waals surface area (Å²) in [6.07, 6.45) is 0.451. The van der Waals surface area contributed by atoms with Crippen LogP contribution in [-0.4, -0.2) is 34.1 Å². The van der Waals surface area contributed by atoms with Gasteiger partial charge in [-0.1, -0.05) is 13.8 Å². The lowest BCUT2D eigenvalue weighted by molar-refractivity contribution is 0.147. The van der Waals surface area contributed by atoms with Crippen molar-refractivity contribution in [2.75, 3.05) is 29.1 Å². The molecule has 0 aromatic heterocycles. The average Bonchev–Trinajstić information content (AvgIpc) is 2.46. The number of carbonyl (C=O) groups excluding carboxylic acids is 1. The molecule has 1 amide bonds.